The summed E-state index contributed by atoms with van der Waals surface area (Å²) in [5.74, 6) is 0.344. The molecule has 1 rings (SSSR count). The molecule has 1 aromatic rings. The van der Waals surface area contributed by atoms with Crippen LogP contribution in [0.15, 0.2) is 18.2 Å². The van der Waals surface area contributed by atoms with E-state index in [0.29, 0.717) is 23.6 Å². The fourth-order valence-corrected chi connectivity index (χ4v) is 1.92. The van der Waals surface area contributed by atoms with Gasteiger partial charge in [0.2, 0.25) is 0 Å². The lowest BCUT2D eigenvalue weighted by Gasteiger charge is -2.18. The summed E-state index contributed by atoms with van der Waals surface area (Å²) >= 11 is 0. The first-order valence-electron chi connectivity index (χ1n) is 7.47. The van der Waals surface area contributed by atoms with E-state index in [0.717, 1.165) is 6.42 Å². The third kappa shape index (κ3) is 6.05. The molecule has 0 aliphatic rings. The Morgan fingerprint density at radius 3 is 2.61 bits per heavy atom. The molecule has 23 heavy (non-hydrogen) atoms. The Hall–Kier alpha value is -1.83. The molecule has 2 atom stereocenters. The monoisotopic (exact) mass is 327 g/mol. The van der Waals surface area contributed by atoms with Gasteiger partial charge >= 0.3 is 5.97 Å². The van der Waals surface area contributed by atoms with Crippen LogP contribution in [0.1, 0.15) is 23.7 Å². The van der Waals surface area contributed by atoms with Crippen molar-refractivity contribution < 1.29 is 29.2 Å². The standard InChI is InChI=1S/C16H25NO6/c1-4-12(9-18)17-8-13(19)10-23-14-6-5-11(16(20)22-3)7-15(14)21-2/h5-7,12-13,17-19H,4,8-10H2,1-3H3. The van der Waals surface area contributed by atoms with Crippen LogP contribution in [-0.2, 0) is 4.74 Å². The van der Waals surface area contributed by atoms with Crippen molar-refractivity contribution in [1.29, 1.82) is 0 Å². The Bertz CT molecular complexity index is 489. The number of hydrogen-bond acceptors (Lipinski definition) is 7. The molecule has 7 heteroatoms. The quantitative estimate of drug-likeness (QED) is 0.541. The lowest BCUT2D eigenvalue weighted by atomic mass is 10.2. The second-order valence-electron chi connectivity index (χ2n) is 5.02. The third-order valence-electron chi connectivity index (χ3n) is 3.37. The zero-order chi connectivity index (χ0) is 17.2. The van der Waals surface area contributed by atoms with Gasteiger partial charge in [-0.1, -0.05) is 6.92 Å². The molecule has 0 fully saturated rings. The molecule has 0 radical (unpaired) electrons. The summed E-state index contributed by atoms with van der Waals surface area (Å²) in [6.07, 6.45) is 0.0352. The number of ether oxygens (including phenoxy) is 3. The molecule has 7 nitrogen and oxygen atoms in total. The molecule has 0 spiro atoms. The lowest BCUT2D eigenvalue weighted by Crippen LogP contribution is -2.39. The van der Waals surface area contributed by atoms with Crippen LogP contribution in [0, 0.1) is 0 Å². The molecule has 0 saturated carbocycles. The average Bonchev–Trinajstić information content (AvgIpc) is 2.59. The summed E-state index contributed by atoms with van der Waals surface area (Å²) in [5.41, 5.74) is 0.354. The van der Waals surface area contributed by atoms with Gasteiger partial charge in [0.25, 0.3) is 0 Å². The molecule has 0 aromatic heterocycles. The number of carbonyl (C=O) groups is 1. The van der Waals surface area contributed by atoms with E-state index in [1.54, 1.807) is 12.1 Å². The zero-order valence-corrected chi connectivity index (χ0v) is 13.7. The van der Waals surface area contributed by atoms with Crippen molar-refractivity contribution >= 4 is 5.97 Å². The molecule has 130 valence electrons. The van der Waals surface area contributed by atoms with Gasteiger partial charge in [0.1, 0.15) is 12.7 Å². The van der Waals surface area contributed by atoms with E-state index in [4.69, 9.17) is 14.6 Å². The molecule has 0 aliphatic carbocycles. The lowest BCUT2D eigenvalue weighted by molar-refractivity contribution is 0.0600. The number of methoxy groups -OCH3 is 2. The molecule has 0 heterocycles. The van der Waals surface area contributed by atoms with E-state index in [2.05, 4.69) is 10.1 Å². The van der Waals surface area contributed by atoms with Gasteiger partial charge in [-0.05, 0) is 24.6 Å². The SMILES string of the molecule is CCC(CO)NCC(O)COc1ccc(C(=O)OC)cc1OC. The third-order valence-corrected chi connectivity index (χ3v) is 3.37. The first-order chi connectivity index (χ1) is 11.0. The first-order valence-corrected chi connectivity index (χ1v) is 7.47. The van der Waals surface area contributed by atoms with Crippen LogP contribution in [0.5, 0.6) is 11.5 Å². The summed E-state index contributed by atoms with van der Waals surface area (Å²) in [5, 5.41) is 22.0. The van der Waals surface area contributed by atoms with Crippen LogP contribution in [0.4, 0.5) is 0 Å². The molecular weight excluding hydrogens is 302 g/mol. The van der Waals surface area contributed by atoms with E-state index in [-0.39, 0.29) is 19.3 Å². The average molecular weight is 327 g/mol. The number of nitrogens with one attached hydrogen (secondary N) is 1. The Kier molecular flexibility index (Phi) is 8.39. The maximum atomic E-state index is 11.5. The first kappa shape index (κ1) is 19.2. The van der Waals surface area contributed by atoms with Crippen LogP contribution in [0.25, 0.3) is 0 Å². The number of aliphatic hydroxyl groups excluding tert-OH is 2. The zero-order valence-electron chi connectivity index (χ0n) is 13.7. The molecule has 0 bridgehead atoms. The summed E-state index contributed by atoms with van der Waals surface area (Å²) in [4.78, 5) is 11.5. The Morgan fingerprint density at radius 2 is 2.04 bits per heavy atom. The molecule has 0 amide bonds. The Labute approximate surface area is 136 Å². The minimum Gasteiger partial charge on any atom is -0.493 e. The van der Waals surface area contributed by atoms with Gasteiger partial charge in [-0.15, -0.1) is 0 Å². The fraction of sp³-hybridized carbons (Fsp3) is 0.562. The predicted molar refractivity (Wildman–Crippen MR) is 85.0 cm³/mol. The van der Waals surface area contributed by atoms with Crippen LogP contribution in [0.2, 0.25) is 0 Å². The van der Waals surface area contributed by atoms with E-state index >= 15 is 0 Å². The fourth-order valence-electron chi connectivity index (χ4n) is 1.92. The highest BCUT2D eigenvalue weighted by Gasteiger charge is 2.14. The topological polar surface area (TPSA) is 97.2 Å². The van der Waals surface area contributed by atoms with Gasteiger partial charge in [0, 0.05) is 12.6 Å². The van der Waals surface area contributed by atoms with Gasteiger partial charge in [-0.25, -0.2) is 4.79 Å². The van der Waals surface area contributed by atoms with Crippen molar-refractivity contribution in [2.45, 2.75) is 25.5 Å². The van der Waals surface area contributed by atoms with E-state index in [1.807, 2.05) is 6.92 Å². The number of benzene rings is 1. The van der Waals surface area contributed by atoms with Crippen molar-refractivity contribution in [3.05, 3.63) is 23.8 Å². The van der Waals surface area contributed by atoms with Crippen LogP contribution in [0.3, 0.4) is 0 Å². The van der Waals surface area contributed by atoms with Crippen LogP contribution >= 0.6 is 0 Å². The highest BCUT2D eigenvalue weighted by Crippen LogP contribution is 2.28. The number of carbonyl (C=O) groups excluding carboxylic acids is 1. The second-order valence-corrected chi connectivity index (χ2v) is 5.02. The van der Waals surface area contributed by atoms with E-state index in [1.165, 1.54) is 20.3 Å². The van der Waals surface area contributed by atoms with Crippen molar-refractivity contribution in [2.75, 3.05) is 34.0 Å². The van der Waals surface area contributed by atoms with Crippen molar-refractivity contribution in [3.8, 4) is 11.5 Å². The number of hydrogen-bond donors (Lipinski definition) is 3. The minimum atomic E-state index is -0.736. The smallest absolute Gasteiger partial charge is 0.337 e. The van der Waals surface area contributed by atoms with Crippen molar-refractivity contribution in [3.63, 3.8) is 0 Å². The number of aliphatic hydroxyl groups is 2. The molecular formula is C16H25NO6. The Balaban J connectivity index is 2.58. The van der Waals surface area contributed by atoms with Crippen LogP contribution in [-0.4, -0.2) is 62.3 Å². The maximum absolute atomic E-state index is 11.5. The predicted octanol–water partition coefficient (Wildman–Crippen LogP) is 0.582. The second kappa shape index (κ2) is 10.0. The Morgan fingerprint density at radius 1 is 1.30 bits per heavy atom. The highest BCUT2D eigenvalue weighted by atomic mass is 16.5. The normalized spacial score (nSPS) is 13.3. The maximum Gasteiger partial charge on any atom is 0.337 e. The van der Waals surface area contributed by atoms with Gasteiger partial charge in [-0.2, -0.15) is 0 Å². The highest BCUT2D eigenvalue weighted by molar-refractivity contribution is 5.90. The van der Waals surface area contributed by atoms with Crippen LogP contribution < -0.4 is 14.8 Å². The number of esters is 1. The summed E-state index contributed by atoms with van der Waals surface area (Å²) in [6.45, 7) is 2.34. The number of rotatable bonds is 10. The van der Waals surface area contributed by atoms with Crippen molar-refractivity contribution in [1.82, 2.24) is 5.32 Å². The molecule has 2 unspecified atom stereocenters. The summed E-state index contributed by atoms with van der Waals surface area (Å²) in [7, 11) is 2.77. The van der Waals surface area contributed by atoms with Gasteiger partial charge in [0.05, 0.1) is 26.4 Å². The molecule has 3 N–H and O–H groups in total. The molecule has 0 aliphatic heterocycles. The summed E-state index contributed by atoms with van der Waals surface area (Å²) in [6, 6.07) is 4.63. The van der Waals surface area contributed by atoms with Gasteiger partial charge < -0.3 is 29.7 Å². The largest absolute Gasteiger partial charge is 0.493 e. The van der Waals surface area contributed by atoms with Gasteiger partial charge in [0.15, 0.2) is 11.5 Å². The molecule has 0 saturated heterocycles. The van der Waals surface area contributed by atoms with E-state index in [9.17, 15) is 9.90 Å². The van der Waals surface area contributed by atoms with E-state index < -0.39 is 12.1 Å². The molecule has 1 aromatic carbocycles. The summed E-state index contributed by atoms with van der Waals surface area (Å²) < 4.78 is 15.4. The minimum absolute atomic E-state index is 0.0207. The van der Waals surface area contributed by atoms with Crippen molar-refractivity contribution in [2.24, 2.45) is 0 Å². The van der Waals surface area contributed by atoms with Gasteiger partial charge in [-0.3, -0.25) is 0 Å².